The molecule has 0 aromatic carbocycles. The predicted octanol–water partition coefficient (Wildman–Crippen LogP) is 1.57. The van der Waals surface area contributed by atoms with Crippen molar-refractivity contribution in [1.29, 1.82) is 0 Å². The fourth-order valence-electron chi connectivity index (χ4n) is 1.06. The van der Waals surface area contributed by atoms with Gasteiger partial charge in [-0.15, -0.1) is 11.8 Å². The number of amides is 1. The molecule has 1 rings (SSSR count). The minimum atomic E-state index is -0.608. The van der Waals surface area contributed by atoms with Crippen molar-refractivity contribution in [2.75, 3.05) is 12.4 Å². The third kappa shape index (κ3) is 2.17. The zero-order valence-corrected chi connectivity index (χ0v) is 7.87. The highest BCUT2D eigenvalue weighted by atomic mass is 32.2. The van der Waals surface area contributed by atoms with Gasteiger partial charge in [0.05, 0.1) is 6.61 Å². The van der Waals surface area contributed by atoms with E-state index in [-0.39, 0.29) is 0 Å². The molecule has 1 radical (unpaired) electrons. The van der Waals surface area contributed by atoms with Crippen molar-refractivity contribution in [3.63, 3.8) is 0 Å². The van der Waals surface area contributed by atoms with E-state index in [2.05, 4.69) is 0 Å². The van der Waals surface area contributed by atoms with Crippen molar-refractivity contribution in [3.8, 4) is 0 Å². The molecule has 0 bridgehead atoms. The van der Waals surface area contributed by atoms with E-state index in [0.29, 0.717) is 17.3 Å². The van der Waals surface area contributed by atoms with Gasteiger partial charge >= 0.3 is 0 Å². The second kappa shape index (κ2) is 4.40. The molecule has 0 aliphatic carbocycles. The lowest BCUT2D eigenvalue weighted by atomic mass is 10.2. The highest BCUT2D eigenvalue weighted by Gasteiger charge is 2.18. The number of carbonyl (C=O) groups is 1. The van der Waals surface area contributed by atoms with E-state index >= 15 is 0 Å². The van der Waals surface area contributed by atoms with Gasteiger partial charge in [-0.1, -0.05) is 6.92 Å². The summed E-state index contributed by atoms with van der Waals surface area (Å²) < 4.78 is 5.31. The molecular weight excluding hydrogens is 174 g/mol. The van der Waals surface area contributed by atoms with Crippen LogP contribution in [0.15, 0.2) is 10.7 Å². The van der Waals surface area contributed by atoms with Crippen molar-refractivity contribution in [2.45, 2.75) is 19.8 Å². The standard InChI is InChI=1S/C8H12NO2S/c1-2-3-6-7(8(9)10)12-5-4-11-6/h9H,2-5H2,1H3. The fourth-order valence-corrected chi connectivity index (χ4v) is 1.88. The zero-order chi connectivity index (χ0) is 8.97. The molecule has 1 aliphatic heterocycles. The summed E-state index contributed by atoms with van der Waals surface area (Å²) in [6.07, 6.45) is 1.72. The Morgan fingerprint density at radius 2 is 2.50 bits per heavy atom. The maximum absolute atomic E-state index is 10.8. The van der Waals surface area contributed by atoms with Gasteiger partial charge in [0.2, 0.25) is 0 Å². The van der Waals surface area contributed by atoms with E-state index in [9.17, 15) is 4.79 Å². The number of thioether (sulfide) groups is 1. The van der Waals surface area contributed by atoms with Crippen molar-refractivity contribution >= 4 is 17.7 Å². The minimum Gasteiger partial charge on any atom is -0.496 e. The lowest BCUT2D eigenvalue weighted by Crippen LogP contribution is -2.13. The SMILES string of the molecule is CCCC1=C(C([NH])=O)SCCO1. The molecule has 0 atom stereocenters. The topological polar surface area (TPSA) is 50.1 Å². The lowest BCUT2D eigenvalue weighted by Gasteiger charge is -2.18. The van der Waals surface area contributed by atoms with Crippen LogP contribution in [0.3, 0.4) is 0 Å². The molecule has 0 aromatic heterocycles. The molecule has 3 nitrogen and oxygen atoms in total. The number of allylic oxidation sites excluding steroid dienone is 1. The molecule has 0 saturated carbocycles. The maximum Gasteiger partial charge on any atom is 0.279 e. The molecular formula is C8H12NO2S. The van der Waals surface area contributed by atoms with Gasteiger partial charge in [0.15, 0.2) is 0 Å². The van der Waals surface area contributed by atoms with Gasteiger partial charge in [-0.05, 0) is 6.42 Å². The summed E-state index contributed by atoms with van der Waals surface area (Å²) in [5.74, 6) is 0.893. The summed E-state index contributed by atoms with van der Waals surface area (Å²) in [5, 5.41) is 0. The molecule has 0 spiro atoms. The first-order valence-corrected chi connectivity index (χ1v) is 4.99. The second-order valence-corrected chi connectivity index (χ2v) is 3.63. The average Bonchev–Trinajstić information content (AvgIpc) is 2.05. The third-order valence-electron chi connectivity index (χ3n) is 1.54. The van der Waals surface area contributed by atoms with Crippen LogP contribution in [0.2, 0.25) is 0 Å². The van der Waals surface area contributed by atoms with E-state index in [1.165, 1.54) is 11.8 Å². The summed E-state index contributed by atoms with van der Waals surface area (Å²) in [7, 11) is 0. The molecule has 0 saturated heterocycles. The largest absolute Gasteiger partial charge is 0.496 e. The average molecular weight is 186 g/mol. The highest BCUT2D eigenvalue weighted by molar-refractivity contribution is 8.04. The summed E-state index contributed by atoms with van der Waals surface area (Å²) in [6, 6.07) is 0. The molecule has 0 fully saturated rings. The first-order valence-electron chi connectivity index (χ1n) is 4.00. The van der Waals surface area contributed by atoms with E-state index < -0.39 is 5.91 Å². The monoisotopic (exact) mass is 186 g/mol. The first-order chi connectivity index (χ1) is 5.75. The van der Waals surface area contributed by atoms with Crippen molar-refractivity contribution in [2.24, 2.45) is 0 Å². The maximum atomic E-state index is 10.8. The Kier molecular flexibility index (Phi) is 3.47. The molecule has 1 N–H and O–H groups in total. The molecule has 1 aliphatic rings. The van der Waals surface area contributed by atoms with Crippen molar-refractivity contribution in [1.82, 2.24) is 5.73 Å². The molecule has 1 amide bonds. The smallest absolute Gasteiger partial charge is 0.279 e. The van der Waals surface area contributed by atoms with Gasteiger partial charge in [-0.2, -0.15) is 0 Å². The molecule has 67 valence electrons. The van der Waals surface area contributed by atoms with Crippen LogP contribution >= 0.6 is 11.8 Å². The van der Waals surface area contributed by atoms with E-state index in [1.54, 1.807) is 0 Å². The quantitative estimate of drug-likeness (QED) is 0.672. The van der Waals surface area contributed by atoms with Gasteiger partial charge in [0.25, 0.3) is 5.91 Å². The number of ether oxygens (including phenoxy) is 1. The number of hydrogen-bond donors (Lipinski definition) is 0. The number of nitrogens with one attached hydrogen (secondary N) is 1. The predicted molar refractivity (Wildman–Crippen MR) is 48.4 cm³/mol. The molecule has 0 aromatic rings. The Balaban J connectivity index is 2.75. The van der Waals surface area contributed by atoms with Gasteiger partial charge in [0.1, 0.15) is 10.7 Å². The minimum absolute atomic E-state index is 0.503. The van der Waals surface area contributed by atoms with Crippen molar-refractivity contribution < 1.29 is 9.53 Å². The Labute approximate surface area is 76.3 Å². The van der Waals surface area contributed by atoms with Crippen LogP contribution < -0.4 is 5.73 Å². The summed E-state index contributed by atoms with van der Waals surface area (Å²) in [5.41, 5.74) is 6.98. The third-order valence-corrected chi connectivity index (χ3v) is 2.62. The van der Waals surface area contributed by atoms with Crippen LogP contribution in [0.5, 0.6) is 0 Å². The number of carbonyl (C=O) groups excluding carboxylic acids is 1. The summed E-state index contributed by atoms with van der Waals surface area (Å²) in [6.45, 7) is 2.69. The Hall–Kier alpha value is -0.640. The van der Waals surface area contributed by atoms with Crippen LogP contribution in [-0.4, -0.2) is 18.3 Å². The number of hydrogen-bond acceptors (Lipinski definition) is 3. The Morgan fingerprint density at radius 1 is 1.75 bits per heavy atom. The Bertz CT molecular complexity index is 213. The van der Waals surface area contributed by atoms with Gasteiger partial charge in [-0.3, -0.25) is 10.5 Å². The normalized spacial score (nSPS) is 17.4. The second-order valence-electron chi connectivity index (χ2n) is 2.53. The zero-order valence-electron chi connectivity index (χ0n) is 7.05. The van der Waals surface area contributed by atoms with E-state index in [4.69, 9.17) is 10.5 Å². The summed E-state index contributed by atoms with van der Waals surface area (Å²) in [4.78, 5) is 11.3. The van der Waals surface area contributed by atoms with Gasteiger partial charge in [0, 0.05) is 12.2 Å². The Morgan fingerprint density at radius 3 is 3.08 bits per heavy atom. The fraction of sp³-hybridized carbons (Fsp3) is 0.625. The van der Waals surface area contributed by atoms with Gasteiger partial charge < -0.3 is 4.74 Å². The molecule has 12 heavy (non-hydrogen) atoms. The molecule has 0 unspecified atom stereocenters. The van der Waals surface area contributed by atoms with Crippen LogP contribution in [-0.2, 0) is 9.53 Å². The van der Waals surface area contributed by atoms with E-state index in [1.807, 2.05) is 6.92 Å². The lowest BCUT2D eigenvalue weighted by molar-refractivity contribution is -0.114. The molecule has 1 heterocycles. The van der Waals surface area contributed by atoms with E-state index in [0.717, 1.165) is 18.6 Å². The van der Waals surface area contributed by atoms with Crippen LogP contribution in [0.4, 0.5) is 0 Å². The van der Waals surface area contributed by atoms with Crippen LogP contribution in [0.25, 0.3) is 0 Å². The molecule has 4 heteroatoms. The van der Waals surface area contributed by atoms with Crippen LogP contribution in [0.1, 0.15) is 19.8 Å². The van der Waals surface area contributed by atoms with Crippen LogP contribution in [0, 0.1) is 0 Å². The van der Waals surface area contributed by atoms with Crippen molar-refractivity contribution in [3.05, 3.63) is 10.7 Å². The highest BCUT2D eigenvalue weighted by Crippen LogP contribution is 2.27. The van der Waals surface area contributed by atoms with Gasteiger partial charge in [-0.25, -0.2) is 0 Å². The first kappa shape index (κ1) is 9.45. The number of rotatable bonds is 3. The summed E-state index contributed by atoms with van der Waals surface area (Å²) >= 11 is 1.44.